The van der Waals surface area contributed by atoms with Gasteiger partial charge in [0.1, 0.15) is 13.2 Å². The first-order valence-electron chi connectivity index (χ1n) is 33.9. The van der Waals surface area contributed by atoms with E-state index in [9.17, 15) is 14.4 Å². The lowest BCUT2D eigenvalue weighted by atomic mass is 10.0. The summed E-state index contributed by atoms with van der Waals surface area (Å²) in [6, 6.07) is 0. The third-order valence-electron chi connectivity index (χ3n) is 14.9. The molecule has 0 aliphatic carbocycles. The molecule has 78 heavy (non-hydrogen) atoms. The molecule has 0 saturated heterocycles. The Balaban J connectivity index is 4.19. The highest BCUT2D eigenvalue weighted by Gasteiger charge is 2.19. The lowest BCUT2D eigenvalue weighted by molar-refractivity contribution is -0.167. The Bertz CT molecular complexity index is 1440. The van der Waals surface area contributed by atoms with E-state index in [-0.39, 0.29) is 31.1 Å². The molecule has 0 aliphatic heterocycles. The molecule has 0 aliphatic rings. The average Bonchev–Trinajstić information content (AvgIpc) is 3.44. The summed E-state index contributed by atoms with van der Waals surface area (Å²) in [7, 11) is 0. The Morgan fingerprint density at radius 1 is 0.269 bits per heavy atom. The van der Waals surface area contributed by atoms with Gasteiger partial charge in [0, 0.05) is 19.3 Å². The van der Waals surface area contributed by atoms with Gasteiger partial charge in [0.15, 0.2) is 6.10 Å². The Morgan fingerprint density at radius 2 is 0.500 bits per heavy atom. The highest BCUT2D eigenvalue weighted by molar-refractivity contribution is 5.71. The third kappa shape index (κ3) is 63.7. The molecular weight excluding hydrogens is 961 g/mol. The number of carbonyl (C=O) groups excluding carboxylic acids is 3. The largest absolute Gasteiger partial charge is 0.462 e. The van der Waals surface area contributed by atoms with Crippen LogP contribution in [-0.4, -0.2) is 37.2 Å². The van der Waals surface area contributed by atoms with E-state index in [4.69, 9.17) is 14.2 Å². The summed E-state index contributed by atoms with van der Waals surface area (Å²) in [5.41, 5.74) is 0. The minimum absolute atomic E-state index is 0.0730. The van der Waals surface area contributed by atoms with E-state index in [1.54, 1.807) is 0 Å². The molecule has 0 N–H and O–H groups in total. The van der Waals surface area contributed by atoms with Gasteiger partial charge in [0.2, 0.25) is 0 Å². The molecule has 0 aromatic carbocycles. The van der Waals surface area contributed by atoms with Gasteiger partial charge in [-0.25, -0.2) is 0 Å². The molecular formula is C72H128O6. The quantitative estimate of drug-likeness (QED) is 0.0261. The monoisotopic (exact) mass is 1090 g/mol. The van der Waals surface area contributed by atoms with Crippen LogP contribution in [0.15, 0.2) is 72.9 Å². The molecule has 0 spiro atoms. The molecule has 0 amide bonds. The van der Waals surface area contributed by atoms with Gasteiger partial charge in [-0.15, -0.1) is 0 Å². The third-order valence-corrected chi connectivity index (χ3v) is 14.9. The van der Waals surface area contributed by atoms with E-state index in [2.05, 4.69) is 93.7 Å². The van der Waals surface area contributed by atoms with E-state index < -0.39 is 6.10 Å². The lowest BCUT2D eigenvalue weighted by Crippen LogP contribution is -2.30. The summed E-state index contributed by atoms with van der Waals surface area (Å²) >= 11 is 0. The first kappa shape index (κ1) is 74.8. The SMILES string of the molecule is CC/C=C\C/C=C\C/C=C\C/C=C\C/C=C\CCCCCCCCCCCCCCCCCC(=O)OCC(COC(=O)CCCCCCC/C=C\CCCCCCC)OC(=O)CCCCCCCCCCCCCCCCC. The van der Waals surface area contributed by atoms with Crippen LogP contribution in [0, 0.1) is 0 Å². The van der Waals surface area contributed by atoms with Crippen LogP contribution in [0.5, 0.6) is 0 Å². The summed E-state index contributed by atoms with van der Waals surface area (Å²) in [4.78, 5) is 38.3. The molecule has 0 aromatic heterocycles. The van der Waals surface area contributed by atoms with Crippen molar-refractivity contribution in [1.29, 1.82) is 0 Å². The number of rotatable bonds is 62. The van der Waals surface area contributed by atoms with Gasteiger partial charge in [-0.2, -0.15) is 0 Å². The molecule has 0 heterocycles. The van der Waals surface area contributed by atoms with Crippen molar-refractivity contribution in [3.8, 4) is 0 Å². The normalized spacial score (nSPS) is 12.5. The number of esters is 3. The molecule has 0 saturated carbocycles. The Kier molecular flexibility index (Phi) is 63.7. The van der Waals surface area contributed by atoms with E-state index >= 15 is 0 Å². The fourth-order valence-corrected chi connectivity index (χ4v) is 9.88. The molecule has 452 valence electrons. The van der Waals surface area contributed by atoms with Crippen LogP contribution in [0.25, 0.3) is 0 Å². The molecule has 0 bridgehead atoms. The van der Waals surface area contributed by atoms with Crippen LogP contribution >= 0.6 is 0 Å². The topological polar surface area (TPSA) is 78.9 Å². The second kappa shape index (κ2) is 66.4. The number of unbranched alkanes of at least 4 members (excludes halogenated alkanes) is 39. The Hall–Kier alpha value is -3.15. The number of ether oxygens (including phenoxy) is 3. The van der Waals surface area contributed by atoms with Crippen LogP contribution in [0.1, 0.15) is 348 Å². The van der Waals surface area contributed by atoms with Crippen molar-refractivity contribution >= 4 is 17.9 Å². The second-order valence-electron chi connectivity index (χ2n) is 22.7. The lowest BCUT2D eigenvalue weighted by Gasteiger charge is -2.18. The van der Waals surface area contributed by atoms with Gasteiger partial charge < -0.3 is 14.2 Å². The molecule has 6 nitrogen and oxygen atoms in total. The van der Waals surface area contributed by atoms with Crippen molar-refractivity contribution in [3.63, 3.8) is 0 Å². The van der Waals surface area contributed by atoms with Crippen LogP contribution in [0.4, 0.5) is 0 Å². The van der Waals surface area contributed by atoms with Gasteiger partial charge in [0.05, 0.1) is 0 Å². The molecule has 0 aromatic rings. The number of hydrogen-bond acceptors (Lipinski definition) is 6. The summed E-state index contributed by atoms with van der Waals surface area (Å²) in [5.74, 6) is -0.861. The van der Waals surface area contributed by atoms with Gasteiger partial charge in [0.25, 0.3) is 0 Å². The number of hydrogen-bond donors (Lipinski definition) is 0. The summed E-state index contributed by atoms with van der Waals surface area (Å²) in [5, 5.41) is 0. The first-order chi connectivity index (χ1) is 38.5. The summed E-state index contributed by atoms with van der Waals surface area (Å²) in [6.07, 6.45) is 86.4. The highest BCUT2D eigenvalue weighted by atomic mass is 16.6. The second-order valence-corrected chi connectivity index (χ2v) is 22.7. The number of carbonyl (C=O) groups is 3. The Labute approximate surface area is 484 Å². The fraction of sp³-hybridized carbons (Fsp3) is 0.792. The van der Waals surface area contributed by atoms with Crippen molar-refractivity contribution in [1.82, 2.24) is 0 Å². The van der Waals surface area contributed by atoms with E-state index in [1.807, 2.05) is 0 Å². The average molecular weight is 1090 g/mol. The predicted molar refractivity (Wildman–Crippen MR) is 339 cm³/mol. The molecule has 1 atom stereocenters. The van der Waals surface area contributed by atoms with Crippen molar-refractivity contribution in [2.45, 2.75) is 354 Å². The standard InChI is InChI=1S/C72H128O6/c1-4-7-10-13-16-19-22-25-28-29-30-31-32-33-34-35-36-37-38-39-40-41-42-43-45-47-50-53-56-59-62-65-71(74)77-68-69(67-76-70(73)64-61-58-55-52-49-46-27-24-21-18-15-12-9-6-3)78-72(75)66-63-60-57-54-51-48-44-26-23-20-17-14-11-8-5-2/h7,10,16,19,24-25,27-28,30-31,33-34,69H,4-6,8-9,11-15,17-18,20-23,26,29,32,35-68H2,1-3H3/b10-7-,19-16-,27-24-,28-25-,31-30-,34-33-. The molecule has 6 heteroatoms. The zero-order chi connectivity index (χ0) is 56.4. The molecule has 0 radical (unpaired) electrons. The van der Waals surface area contributed by atoms with Crippen molar-refractivity contribution in [2.75, 3.05) is 13.2 Å². The van der Waals surface area contributed by atoms with Gasteiger partial charge >= 0.3 is 17.9 Å². The first-order valence-corrected chi connectivity index (χ1v) is 33.9. The predicted octanol–water partition coefficient (Wildman–Crippen LogP) is 23.3. The molecule has 0 fully saturated rings. The maximum absolute atomic E-state index is 12.9. The van der Waals surface area contributed by atoms with Crippen molar-refractivity contribution in [2.24, 2.45) is 0 Å². The molecule has 0 rings (SSSR count). The summed E-state index contributed by atoms with van der Waals surface area (Å²) < 4.78 is 16.9. The van der Waals surface area contributed by atoms with E-state index in [0.717, 1.165) is 96.3 Å². The smallest absolute Gasteiger partial charge is 0.306 e. The molecule has 1 unspecified atom stereocenters. The van der Waals surface area contributed by atoms with E-state index in [1.165, 1.54) is 212 Å². The summed E-state index contributed by atoms with van der Waals surface area (Å²) in [6.45, 7) is 6.56. The van der Waals surface area contributed by atoms with Crippen molar-refractivity contribution in [3.05, 3.63) is 72.9 Å². The van der Waals surface area contributed by atoms with Crippen LogP contribution < -0.4 is 0 Å². The zero-order valence-corrected chi connectivity index (χ0v) is 51.9. The highest BCUT2D eigenvalue weighted by Crippen LogP contribution is 2.17. The van der Waals surface area contributed by atoms with Crippen LogP contribution in [-0.2, 0) is 28.6 Å². The van der Waals surface area contributed by atoms with Gasteiger partial charge in [-0.1, -0.05) is 312 Å². The maximum Gasteiger partial charge on any atom is 0.306 e. The van der Waals surface area contributed by atoms with E-state index in [0.29, 0.717) is 19.3 Å². The fourth-order valence-electron chi connectivity index (χ4n) is 9.88. The maximum atomic E-state index is 12.9. The van der Waals surface area contributed by atoms with Crippen LogP contribution in [0.3, 0.4) is 0 Å². The van der Waals surface area contributed by atoms with Crippen molar-refractivity contribution < 1.29 is 28.6 Å². The number of allylic oxidation sites excluding steroid dienone is 12. The van der Waals surface area contributed by atoms with Gasteiger partial charge in [-0.05, 0) is 89.9 Å². The van der Waals surface area contributed by atoms with Gasteiger partial charge in [-0.3, -0.25) is 14.4 Å². The minimum atomic E-state index is -0.776. The zero-order valence-electron chi connectivity index (χ0n) is 51.9. The minimum Gasteiger partial charge on any atom is -0.462 e. The van der Waals surface area contributed by atoms with Crippen LogP contribution in [0.2, 0.25) is 0 Å². The Morgan fingerprint density at radius 3 is 0.795 bits per heavy atom.